The molecule has 0 radical (unpaired) electrons. The molecule has 0 fully saturated rings. The van der Waals surface area contributed by atoms with E-state index in [0.29, 0.717) is 25.8 Å². The molecule has 11 nitrogen and oxygen atoms in total. The van der Waals surface area contributed by atoms with Crippen molar-refractivity contribution in [1.82, 2.24) is 16.0 Å². The fraction of sp³-hybridized carbons (Fsp3) is 0.810. The topological polar surface area (TPSA) is 197 Å². The maximum absolute atomic E-state index is 12.7. The Morgan fingerprint density at radius 1 is 0.875 bits per heavy atom. The average molecular weight is 460 g/mol. The SMILES string of the molecule is CCC(C)C(N)C(=O)NC(CO)C(=O)NC(CCCCN)C(=O)NC(CC(C)C)C(=O)O. The van der Waals surface area contributed by atoms with Gasteiger partial charge in [-0.15, -0.1) is 0 Å². The summed E-state index contributed by atoms with van der Waals surface area (Å²) in [6.45, 7) is 7.06. The van der Waals surface area contributed by atoms with Crippen LogP contribution in [0.2, 0.25) is 0 Å². The lowest BCUT2D eigenvalue weighted by Crippen LogP contribution is -2.58. The predicted molar refractivity (Wildman–Crippen MR) is 120 cm³/mol. The molecule has 0 spiro atoms. The predicted octanol–water partition coefficient (Wildman–Crippen LogP) is -0.934. The van der Waals surface area contributed by atoms with Gasteiger partial charge in [-0.25, -0.2) is 4.79 Å². The summed E-state index contributed by atoms with van der Waals surface area (Å²) in [6.07, 6.45) is 2.24. The molecule has 0 aromatic rings. The summed E-state index contributed by atoms with van der Waals surface area (Å²) >= 11 is 0. The summed E-state index contributed by atoms with van der Waals surface area (Å²) in [7, 11) is 0. The first-order valence-corrected chi connectivity index (χ1v) is 11.2. The number of aliphatic hydroxyl groups excluding tert-OH is 1. The van der Waals surface area contributed by atoms with E-state index < -0.39 is 54.5 Å². The molecular formula is C21H41N5O6. The van der Waals surface area contributed by atoms with E-state index in [9.17, 15) is 29.4 Å². The fourth-order valence-corrected chi connectivity index (χ4v) is 2.97. The Morgan fingerprint density at radius 3 is 1.88 bits per heavy atom. The molecule has 5 atom stereocenters. The molecule has 5 unspecified atom stereocenters. The van der Waals surface area contributed by atoms with Gasteiger partial charge < -0.3 is 37.6 Å². The number of carboxylic acid groups (broad SMARTS) is 1. The standard InChI is InChI=1S/C21H41N5O6/c1-5-13(4)17(23)20(30)26-16(11-27)19(29)24-14(8-6-7-9-22)18(28)25-15(21(31)32)10-12(2)3/h12-17,27H,5-11,22-23H2,1-4H3,(H,24,29)(H,25,28)(H,26,30)(H,31,32). The number of amides is 3. The van der Waals surface area contributed by atoms with Gasteiger partial charge in [-0.05, 0) is 44.1 Å². The smallest absolute Gasteiger partial charge is 0.326 e. The minimum atomic E-state index is -1.30. The number of aliphatic carboxylic acids is 1. The van der Waals surface area contributed by atoms with E-state index in [-0.39, 0.29) is 24.7 Å². The van der Waals surface area contributed by atoms with Crippen molar-refractivity contribution >= 4 is 23.7 Å². The first-order chi connectivity index (χ1) is 15.0. The molecule has 0 rings (SSSR count). The van der Waals surface area contributed by atoms with Crippen molar-refractivity contribution in [3.05, 3.63) is 0 Å². The quantitative estimate of drug-likeness (QED) is 0.144. The first-order valence-electron chi connectivity index (χ1n) is 11.2. The molecule has 186 valence electrons. The largest absolute Gasteiger partial charge is 0.480 e. The van der Waals surface area contributed by atoms with Crippen LogP contribution in [-0.2, 0) is 19.2 Å². The molecule has 32 heavy (non-hydrogen) atoms. The number of nitrogens with two attached hydrogens (primary N) is 2. The fourth-order valence-electron chi connectivity index (χ4n) is 2.97. The summed E-state index contributed by atoms with van der Waals surface area (Å²) in [5.41, 5.74) is 11.4. The van der Waals surface area contributed by atoms with Crippen molar-refractivity contribution in [2.45, 2.75) is 84.0 Å². The second kappa shape index (κ2) is 15.5. The molecule has 0 aromatic carbocycles. The molecule has 0 aliphatic carbocycles. The van der Waals surface area contributed by atoms with Crippen LogP contribution in [-0.4, -0.2) is 71.2 Å². The van der Waals surface area contributed by atoms with Gasteiger partial charge in [0.15, 0.2) is 0 Å². The number of rotatable bonds is 16. The van der Waals surface area contributed by atoms with Crippen molar-refractivity contribution in [2.75, 3.05) is 13.2 Å². The third-order valence-electron chi connectivity index (χ3n) is 5.28. The second-order valence-electron chi connectivity index (χ2n) is 8.53. The van der Waals surface area contributed by atoms with Gasteiger partial charge in [-0.3, -0.25) is 14.4 Å². The summed E-state index contributed by atoms with van der Waals surface area (Å²) in [5, 5.41) is 26.4. The van der Waals surface area contributed by atoms with Crippen LogP contribution < -0.4 is 27.4 Å². The van der Waals surface area contributed by atoms with Crippen molar-refractivity contribution < 1.29 is 29.4 Å². The third-order valence-corrected chi connectivity index (χ3v) is 5.28. The van der Waals surface area contributed by atoms with Crippen LogP contribution in [0.1, 0.15) is 59.8 Å². The van der Waals surface area contributed by atoms with Gasteiger partial charge in [0, 0.05) is 0 Å². The van der Waals surface area contributed by atoms with Crippen LogP contribution >= 0.6 is 0 Å². The number of hydrogen-bond donors (Lipinski definition) is 7. The number of carbonyl (C=O) groups is 4. The number of nitrogens with one attached hydrogen (secondary N) is 3. The highest BCUT2D eigenvalue weighted by Crippen LogP contribution is 2.08. The van der Waals surface area contributed by atoms with Gasteiger partial charge in [0.05, 0.1) is 12.6 Å². The number of unbranched alkanes of at least 4 members (excludes halogenated alkanes) is 1. The van der Waals surface area contributed by atoms with Crippen LogP contribution in [0.3, 0.4) is 0 Å². The summed E-state index contributed by atoms with van der Waals surface area (Å²) < 4.78 is 0. The summed E-state index contributed by atoms with van der Waals surface area (Å²) in [5.74, 6) is -3.26. The number of carboxylic acids is 1. The van der Waals surface area contributed by atoms with E-state index in [1.54, 1.807) is 6.92 Å². The number of hydrogen-bond acceptors (Lipinski definition) is 7. The Labute approximate surface area is 190 Å². The molecule has 0 saturated carbocycles. The van der Waals surface area contributed by atoms with Crippen LogP contribution in [0.25, 0.3) is 0 Å². The van der Waals surface area contributed by atoms with Gasteiger partial charge >= 0.3 is 5.97 Å². The van der Waals surface area contributed by atoms with E-state index in [0.717, 1.165) is 0 Å². The van der Waals surface area contributed by atoms with E-state index >= 15 is 0 Å². The normalized spacial score (nSPS) is 15.9. The highest BCUT2D eigenvalue weighted by Gasteiger charge is 2.30. The van der Waals surface area contributed by atoms with E-state index in [1.165, 1.54) is 0 Å². The lowest BCUT2D eigenvalue weighted by Gasteiger charge is -2.25. The van der Waals surface area contributed by atoms with Crippen LogP contribution in [0.5, 0.6) is 0 Å². The zero-order chi connectivity index (χ0) is 24.8. The molecule has 0 saturated heterocycles. The number of aliphatic hydroxyl groups is 1. The van der Waals surface area contributed by atoms with Crippen molar-refractivity contribution in [3.8, 4) is 0 Å². The van der Waals surface area contributed by atoms with Gasteiger partial charge in [0.1, 0.15) is 18.1 Å². The zero-order valence-electron chi connectivity index (χ0n) is 19.6. The molecule has 0 aliphatic rings. The summed E-state index contributed by atoms with van der Waals surface area (Å²) in [6, 6.07) is -4.29. The van der Waals surface area contributed by atoms with Crippen LogP contribution in [0.15, 0.2) is 0 Å². The van der Waals surface area contributed by atoms with E-state index in [4.69, 9.17) is 11.5 Å². The van der Waals surface area contributed by atoms with Gasteiger partial charge in [-0.1, -0.05) is 34.1 Å². The zero-order valence-corrected chi connectivity index (χ0v) is 19.6. The first kappa shape index (κ1) is 29.8. The highest BCUT2D eigenvalue weighted by molar-refractivity contribution is 5.94. The molecule has 3 amide bonds. The summed E-state index contributed by atoms with van der Waals surface area (Å²) in [4.78, 5) is 49.2. The monoisotopic (exact) mass is 459 g/mol. The molecular weight excluding hydrogens is 418 g/mol. The van der Waals surface area contributed by atoms with Gasteiger partial charge in [0.2, 0.25) is 17.7 Å². The lowest BCUT2D eigenvalue weighted by atomic mass is 9.99. The van der Waals surface area contributed by atoms with Crippen molar-refractivity contribution in [2.24, 2.45) is 23.3 Å². The molecule has 0 aliphatic heterocycles. The van der Waals surface area contributed by atoms with Gasteiger partial charge in [-0.2, -0.15) is 0 Å². The molecule has 0 heterocycles. The van der Waals surface area contributed by atoms with E-state index in [2.05, 4.69) is 16.0 Å². The average Bonchev–Trinajstić information content (AvgIpc) is 2.74. The minimum Gasteiger partial charge on any atom is -0.480 e. The Kier molecular flexibility index (Phi) is 14.5. The van der Waals surface area contributed by atoms with Crippen LogP contribution in [0, 0.1) is 11.8 Å². The van der Waals surface area contributed by atoms with Crippen molar-refractivity contribution in [3.63, 3.8) is 0 Å². The third kappa shape index (κ3) is 10.9. The maximum Gasteiger partial charge on any atom is 0.326 e. The Morgan fingerprint density at radius 2 is 1.41 bits per heavy atom. The molecule has 0 bridgehead atoms. The van der Waals surface area contributed by atoms with E-state index in [1.807, 2.05) is 20.8 Å². The maximum atomic E-state index is 12.7. The van der Waals surface area contributed by atoms with Crippen molar-refractivity contribution in [1.29, 1.82) is 0 Å². The Bertz CT molecular complexity index is 615. The molecule has 11 heteroatoms. The molecule has 9 N–H and O–H groups in total. The van der Waals surface area contributed by atoms with Gasteiger partial charge in [0.25, 0.3) is 0 Å². The molecule has 0 aromatic heterocycles. The Balaban J connectivity index is 5.30. The lowest BCUT2D eigenvalue weighted by molar-refractivity contribution is -0.143. The Hall–Kier alpha value is -2.24. The van der Waals surface area contributed by atoms with Crippen LogP contribution in [0.4, 0.5) is 0 Å². The number of carbonyl (C=O) groups excluding carboxylic acids is 3. The minimum absolute atomic E-state index is 0.0328. The highest BCUT2D eigenvalue weighted by atomic mass is 16.4. The second-order valence-corrected chi connectivity index (χ2v) is 8.53.